The number of carbonyl (C=O) groups excluding carboxylic acids is 1. The second-order valence-corrected chi connectivity index (χ2v) is 8.42. The van der Waals surface area contributed by atoms with E-state index in [1.165, 1.54) is 0 Å². The van der Waals surface area contributed by atoms with Crippen molar-refractivity contribution in [3.63, 3.8) is 0 Å². The second kappa shape index (κ2) is 9.31. The normalized spacial score (nSPS) is 18.9. The number of hydrogen-bond acceptors (Lipinski definition) is 4. The molecular weight excluding hydrogens is 340 g/mol. The van der Waals surface area contributed by atoms with Gasteiger partial charge in [-0.2, -0.15) is 4.31 Å². The van der Waals surface area contributed by atoms with E-state index in [9.17, 15) is 13.2 Å². The van der Waals surface area contributed by atoms with Crippen molar-refractivity contribution in [2.24, 2.45) is 5.92 Å². The van der Waals surface area contributed by atoms with E-state index in [-0.39, 0.29) is 10.8 Å². The number of hydrogen-bond donors (Lipinski definition) is 1. The predicted octanol–water partition coefficient (Wildman–Crippen LogP) is 2.86. The van der Waals surface area contributed by atoms with E-state index in [0.29, 0.717) is 50.8 Å². The van der Waals surface area contributed by atoms with Gasteiger partial charge >= 0.3 is 0 Å². The fraction of sp³-hybridized carbons (Fsp3) is 0.611. The topological polar surface area (TPSA) is 75.7 Å². The summed E-state index contributed by atoms with van der Waals surface area (Å²) >= 11 is 0. The molecule has 0 bridgehead atoms. The van der Waals surface area contributed by atoms with Crippen LogP contribution in [0.15, 0.2) is 29.2 Å². The number of nitrogens with one attached hydrogen (secondary N) is 1. The van der Waals surface area contributed by atoms with Crippen molar-refractivity contribution >= 4 is 21.6 Å². The number of anilines is 1. The number of nitrogens with zero attached hydrogens (tertiary/aromatic N) is 1. The molecule has 0 radical (unpaired) electrons. The third kappa shape index (κ3) is 5.80. The highest BCUT2D eigenvalue weighted by atomic mass is 32.2. The molecule has 1 saturated heterocycles. The molecule has 0 aromatic heterocycles. The quantitative estimate of drug-likeness (QED) is 0.716. The molecular formula is C18H28N2O4S. The highest BCUT2D eigenvalue weighted by Gasteiger charge is 2.28. The van der Waals surface area contributed by atoms with Gasteiger partial charge in [0.2, 0.25) is 15.9 Å². The van der Waals surface area contributed by atoms with E-state index in [1.54, 1.807) is 28.6 Å². The van der Waals surface area contributed by atoms with Gasteiger partial charge < -0.3 is 10.1 Å². The second-order valence-electron chi connectivity index (χ2n) is 6.48. The van der Waals surface area contributed by atoms with Gasteiger partial charge in [-0.1, -0.05) is 6.92 Å². The van der Waals surface area contributed by atoms with Crippen LogP contribution < -0.4 is 5.32 Å². The molecule has 140 valence electrons. The number of ether oxygens (including phenoxy) is 1. The summed E-state index contributed by atoms with van der Waals surface area (Å²) in [5.74, 6) is 0.291. The monoisotopic (exact) mass is 368 g/mol. The summed E-state index contributed by atoms with van der Waals surface area (Å²) in [6, 6.07) is 6.40. The lowest BCUT2D eigenvalue weighted by atomic mass is 10.0. The summed E-state index contributed by atoms with van der Waals surface area (Å²) < 4.78 is 32.1. The van der Waals surface area contributed by atoms with Gasteiger partial charge in [-0.3, -0.25) is 4.79 Å². The van der Waals surface area contributed by atoms with Crippen LogP contribution in [0.25, 0.3) is 0 Å². The maximum Gasteiger partial charge on any atom is 0.243 e. The lowest BCUT2D eigenvalue weighted by Gasteiger charge is -2.30. The van der Waals surface area contributed by atoms with Gasteiger partial charge in [-0.25, -0.2) is 8.42 Å². The smallest absolute Gasteiger partial charge is 0.243 e. The Balaban J connectivity index is 1.93. The molecule has 0 aliphatic carbocycles. The molecule has 1 atom stereocenters. The minimum Gasteiger partial charge on any atom is -0.382 e. The molecule has 1 amide bonds. The Morgan fingerprint density at radius 2 is 2.04 bits per heavy atom. The van der Waals surface area contributed by atoms with Gasteiger partial charge in [0, 0.05) is 38.4 Å². The van der Waals surface area contributed by atoms with Gasteiger partial charge in [-0.05, 0) is 56.4 Å². The van der Waals surface area contributed by atoms with Crippen LogP contribution in [0.3, 0.4) is 0 Å². The average Bonchev–Trinajstić information content (AvgIpc) is 2.59. The van der Waals surface area contributed by atoms with Crippen LogP contribution in [-0.2, 0) is 19.6 Å². The summed E-state index contributed by atoms with van der Waals surface area (Å²) in [6.45, 7) is 6.35. The van der Waals surface area contributed by atoms with E-state index in [1.807, 2.05) is 6.92 Å². The molecule has 1 aliphatic rings. The molecule has 6 nitrogen and oxygen atoms in total. The predicted molar refractivity (Wildman–Crippen MR) is 98.0 cm³/mol. The molecule has 7 heteroatoms. The van der Waals surface area contributed by atoms with Crippen LogP contribution in [0.5, 0.6) is 0 Å². The van der Waals surface area contributed by atoms with Crippen LogP contribution in [0, 0.1) is 5.92 Å². The molecule has 1 heterocycles. The maximum absolute atomic E-state index is 12.7. The molecule has 0 saturated carbocycles. The lowest BCUT2D eigenvalue weighted by Crippen LogP contribution is -2.39. The first-order valence-electron chi connectivity index (χ1n) is 8.91. The van der Waals surface area contributed by atoms with Gasteiger partial charge in [0.25, 0.3) is 0 Å². The van der Waals surface area contributed by atoms with Crippen molar-refractivity contribution in [3.8, 4) is 0 Å². The summed E-state index contributed by atoms with van der Waals surface area (Å²) in [5.41, 5.74) is 0.604. The van der Waals surface area contributed by atoms with Gasteiger partial charge in [0.15, 0.2) is 0 Å². The Kier molecular flexibility index (Phi) is 7.40. The highest BCUT2D eigenvalue weighted by molar-refractivity contribution is 7.89. The van der Waals surface area contributed by atoms with Crippen molar-refractivity contribution < 1.29 is 17.9 Å². The molecule has 1 aromatic rings. The fourth-order valence-corrected chi connectivity index (χ4v) is 4.52. The number of sulfonamides is 1. The van der Waals surface area contributed by atoms with Crippen molar-refractivity contribution in [1.29, 1.82) is 0 Å². The molecule has 25 heavy (non-hydrogen) atoms. The van der Waals surface area contributed by atoms with Gasteiger partial charge in [-0.15, -0.1) is 0 Å². The summed E-state index contributed by atoms with van der Waals surface area (Å²) in [4.78, 5) is 12.1. The van der Waals surface area contributed by atoms with Crippen molar-refractivity contribution in [3.05, 3.63) is 24.3 Å². The van der Waals surface area contributed by atoms with Crippen LogP contribution in [0.2, 0.25) is 0 Å². The Labute approximate surface area is 150 Å². The van der Waals surface area contributed by atoms with E-state index in [0.717, 1.165) is 12.8 Å². The molecule has 0 unspecified atom stereocenters. The zero-order chi connectivity index (χ0) is 18.3. The Bertz CT molecular complexity index is 658. The summed E-state index contributed by atoms with van der Waals surface area (Å²) in [7, 11) is -3.46. The average molecular weight is 368 g/mol. The third-order valence-corrected chi connectivity index (χ3v) is 6.17. The summed E-state index contributed by atoms with van der Waals surface area (Å²) in [6.07, 6.45) is 3.02. The molecule has 1 N–H and O–H groups in total. The van der Waals surface area contributed by atoms with Crippen molar-refractivity contribution in [2.75, 3.05) is 31.6 Å². The number of amides is 1. The van der Waals surface area contributed by atoms with Crippen molar-refractivity contribution in [1.82, 2.24) is 4.31 Å². The zero-order valence-corrected chi connectivity index (χ0v) is 15.8. The van der Waals surface area contributed by atoms with Gasteiger partial charge in [0.05, 0.1) is 4.90 Å². The number of carbonyl (C=O) groups is 1. The summed E-state index contributed by atoms with van der Waals surface area (Å²) in [5, 5.41) is 2.78. The number of benzene rings is 1. The first-order chi connectivity index (χ1) is 11.9. The highest BCUT2D eigenvalue weighted by Crippen LogP contribution is 2.24. The first-order valence-corrected chi connectivity index (χ1v) is 10.3. The molecule has 2 rings (SSSR count). The third-order valence-electron chi connectivity index (χ3n) is 4.29. The first kappa shape index (κ1) is 19.9. The van der Waals surface area contributed by atoms with Gasteiger partial charge in [0.1, 0.15) is 0 Å². The zero-order valence-electron chi connectivity index (χ0n) is 15.0. The number of rotatable bonds is 8. The minimum atomic E-state index is -3.46. The van der Waals surface area contributed by atoms with E-state index in [4.69, 9.17) is 4.74 Å². The lowest BCUT2D eigenvalue weighted by molar-refractivity contribution is -0.116. The van der Waals surface area contributed by atoms with Crippen LogP contribution >= 0.6 is 0 Å². The number of piperidine rings is 1. The van der Waals surface area contributed by atoms with E-state index in [2.05, 4.69) is 12.2 Å². The van der Waals surface area contributed by atoms with Crippen LogP contribution in [-0.4, -0.2) is 44.9 Å². The minimum absolute atomic E-state index is 0.0971. The van der Waals surface area contributed by atoms with Crippen LogP contribution in [0.1, 0.15) is 39.5 Å². The SMILES string of the molecule is CCOCCCC(=O)Nc1ccc(S(=O)(=O)N2CCC[C@@H](C)C2)cc1. The molecule has 0 spiro atoms. The van der Waals surface area contributed by atoms with Crippen LogP contribution in [0.4, 0.5) is 5.69 Å². The molecule has 1 aliphatic heterocycles. The Morgan fingerprint density at radius 3 is 2.68 bits per heavy atom. The van der Waals surface area contributed by atoms with E-state index < -0.39 is 10.0 Å². The fourth-order valence-electron chi connectivity index (χ4n) is 2.93. The molecule has 1 aromatic carbocycles. The standard InChI is InChI=1S/C18H28N2O4S/c1-3-24-13-5-7-18(21)19-16-8-10-17(11-9-16)25(22,23)20-12-4-6-15(2)14-20/h8-11,15H,3-7,12-14H2,1-2H3,(H,19,21)/t15-/m1/s1. The molecule has 1 fully saturated rings. The Hall–Kier alpha value is -1.44. The van der Waals surface area contributed by atoms with Crippen molar-refractivity contribution in [2.45, 2.75) is 44.4 Å². The largest absolute Gasteiger partial charge is 0.382 e. The Morgan fingerprint density at radius 1 is 1.32 bits per heavy atom. The maximum atomic E-state index is 12.7. The van der Waals surface area contributed by atoms with E-state index >= 15 is 0 Å².